The fourth-order valence-corrected chi connectivity index (χ4v) is 3.64. The van der Waals surface area contributed by atoms with Gasteiger partial charge in [-0.2, -0.15) is 5.10 Å². The summed E-state index contributed by atoms with van der Waals surface area (Å²) in [6, 6.07) is 5.29. The number of nitro benzene ring substituents is 1. The quantitative estimate of drug-likeness (QED) is 0.662. The molecule has 2 unspecified atom stereocenters. The van der Waals surface area contributed by atoms with Crippen molar-refractivity contribution in [1.82, 2.24) is 25.0 Å². The van der Waals surface area contributed by atoms with Crippen LogP contribution in [-0.2, 0) is 0 Å². The number of fused-ring (bicyclic) bond motifs is 2. The molecule has 0 spiro atoms. The van der Waals surface area contributed by atoms with Gasteiger partial charge in [-0.25, -0.2) is 9.67 Å². The third-order valence-electron chi connectivity index (χ3n) is 4.90. The molecule has 9 heteroatoms. The zero-order valence-corrected chi connectivity index (χ0v) is 13.5. The first-order chi connectivity index (χ1) is 12.1. The van der Waals surface area contributed by atoms with Crippen LogP contribution in [0.1, 0.15) is 29.6 Å². The van der Waals surface area contributed by atoms with E-state index in [1.54, 1.807) is 17.0 Å². The minimum atomic E-state index is -0.500. The van der Waals surface area contributed by atoms with Gasteiger partial charge in [0.05, 0.1) is 4.92 Å². The first-order valence-corrected chi connectivity index (χ1v) is 8.30. The molecule has 2 aliphatic rings. The minimum Gasteiger partial charge on any atom is -0.337 e. The van der Waals surface area contributed by atoms with Crippen molar-refractivity contribution in [3.05, 3.63) is 46.5 Å². The van der Waals surface area contributed by atoms with Crippen LogP contribution < -0.4 is 5.32 Å². The maximum Gasteiger partial charge on any atom is 0.295 e. The molecule has 0 saturated carbocycles. The molecule has 2 saturated heterocycles. The lowest BCUT2D eigenvalue weighted by atomic mass is 10.1. The number of hydrogen-bond acceptors (Lipinski definition) is 6. The van der Waals surface area contributed by atoms with Gasteiger partial charge in [0.1, 0.15) is 18.3 Å². The number of nitrogens with one attached hydrogen (secondary N) is 1. The SMILES string of the molecule is O=C(c1ccc(-n2cncn2)c([N+](=O)[O-])c1)N1CCC2CCC(C1)N2. The van der Waals surface area contributed by atoms with Crippen molar-refractivity contribution in [3.63, 3.8) is 0 Å². The van der Waals surface area contributed by atoms with Crippen LogP contribution in [-0.4, -0.2) is 55.7 Å². The van der Waals surface area contributed by atoms with E-state index in [-0.39, 0.29) is 17.3 Å². The molecule has 2 bridgehead atoms. The van der Waals surface area contributed by atoms with Gasteiger partial charge in [0, 0.05) is 36.8 Å². The van der Waals surface area contributed by atoms with Crippen LogP contribution in [0.2, 0.25) is 0 Å². The van der Waals surface area contributed by atoms with E-state index in [0.29, 0.717) is 30.7 Å². The van der Waals surface area contributed by atoms with Crippen LogP contribution in [0, 0.1) is 10.1 Å². The highest BCUT2D eigenvalue weighted by Gasteiger charge is 2.32. The average molecular weight is 342 g/mol. The highest BCUT2D eigenvalue weighted by Crippen LogP contribution is 2.26. The van der Waals surface area contributed by atoms with Gasteiger partial charge in [-0.3, -0.25) is 14.9 Å². The highest BCUT2D eigenvalue weighted by atomic mass is 16.6. The number of likely N-dealkylation sites (tertiary alicyclic amines) is 1. The monoisotopic (exact) mass is 342 g/mol. The van der Waals surface area contributed by atoms with Gasteiger partial charge in [0.15, 0.2) is 0 Å². The van der Waals surface area contributed by atoms with E-state index in [1.807, 2.05) is 0 Å². The number of aromatic nitrogens is 3. The van der Waals surface area contributed by atoms with Crippen molar-refractivity contribution in [2.24, 2.45) is 0 Å². The predicted octanol–water partition coefficient (Wildman–Crippen LogP) is 1.14. The highest BCUT2D eigenvalue weighted by molar-refractivity contribution is 5.95. The van der Waals surface area contributed by atoms with Crippen molar-refractivity contribution < 1.29 is 9.72 Å². The zero-order valence-electron chi connectivity index (χ0n) is 13.5. The first-order valence-electron chi connectivity index (χ1n) is 8.30. The number of amides is 1. The molecule has 1 aromatic heterocycles. The van der Waals surface area contributed by atoms with Gasteiger partial charge in [-0.05, 0) is 31.4 Å². The molecule has 9 nitrogen and oxygen atoms in total. The summed E-state index contributed by atoms with van der Waals surface area (Å²) in [5, 5.41) is 18.9. The van der Waals surface area contributed by atoms with E-state index in [4.69, 9.17) is 0 Å². The number of hydrogen-bond donors (Lipinski definition) is 1. The van der Waals surface area contributed by atoms with Crippen LogP contribution in [0.25, 0.3) is 5.69 Å². The van der Waals surface area contributed by atoms with Crippen LogP contribution in [0.4, 0.5) is 5.69 Å². The smallest absolute Gasteiger partial charge is 0.295 e. The molecule has 2 fully saturated rings. The van der Waals surface area contributed by atoms with Gasteiger partial charge >= 0.3 is 0 Å². The molecule has 1 N–H and O–H groups in total. The van der Waals surface area contributed by atoms with Crippen LogP contribution in [0.5, 0.6) is 0 Å². The molecular formula is C16H18N6O3. The van der Waals surface area contributed by atoms with E-state index < -0.39 is 4.92 Å². The topological polar surface area (TPSA) is 106 Å². The Balaban J connectivity index is 1.62. The Kier molecular flexibility index (Phi) is 3.92. The van der Waals surface area contributed by atoms with Crippen molar-refractivity contribution >= 4 is 11.6 Å². The van der Waals surface area contributed by atoms with Gasteiger partial charge < -0.3 is 10.2 Å². The number of carbonyl (C=O) groups is 1. The first kappa shape index (κ1) is 15.7. The van der Waals surface area contributed by atoms with Gasteiger partial charge in [-0.1, -0.05) is 0 Å². The largest absolute Gasteiger partial charge is 0.337 e. The summed E-state index contributed by atoms with van der Waals surface area (Å²) in [6.45, 7) is 1.32. The average Bonchev–Trinajstić information content (AvgIpc) is 3.23. The molecule has 3 heterocycles. The normalized spacial score (nSPS) is 22.6. The summed E-state index contributed by atoms with van der Waals surface area (Å²) in [5.41, 5.74) is 0.454. The second-order valence-corrected chi connectivity index (χ2v) is 6.48. The molecule has 1 aromatic carbocycles. The molecule has 0 radical (unpaired) electrons. The molecule has 2 atom stereocenters. The molecule has 2 aliphatic heterocycles. The lowest BCUT2D eigenvalue weighted by Crippen LogP contribution is -2.39. The zero-order chi connectivity index (χ0) is 17.4. The maximum absolute atomic E-state index is 12.8. The second-order valence-electron chi connectivity index (χ2n) is 6.48. The van der Waals surface area contributed by atoms with Crippen molar-refractivity contribution in [2.45, 2.75) is 31.3 Å². The Hall–Kier alpha value is -2.81. The molecule has 25 heavy (non-hydrogen) atoms. The fraction of sp³-hybridized carbons (Fsp3) is 0.438. The lowest BCUT2D eigenvalue weighted by Gasteiger charge is -2.24. The summed E-state index contributed by atoms with van der Waals surface area (Å²) < 4.78 is 1.32. The number of benzene rings is 1. The van der Waals surface area contributed by atoms with Crippen LogP contribution in [0.15, 0.2) is 30.9 Å². The second kappa shape index (κ2) is 6.25. The van der Waals surface area contributed by atoms with Crippen molar-refractivity contribution in [3.8, 4) is 5.69 Å². The van der Waals surface area contributed by atoms with Gasteiger partial charge in [0.2, 0.25) is 0 Å². The van der Waals surface area contributed by atoms with E-state index in [1.165, 1.54) is 23.4 Å². The maximum atomic E-state index is 12.8. The Morgan fingerprint density at radius 3 is 2.88 bits per heavy atom. The third-order valence-corrected chi connectivity index (χ3v) is 4.90. The molecular weight excluding hydrogens is 324 g/mol. The Labute approximate surface area is 143 Å². The fourth-order valence-electron chi connectivity index (χ4n) is 3.64. The number of carbonyl (C=O) groups excluding carboxylic acids is 1. The molecule has 130 valence electrons. The minimum absolute atomic E-state index is 0.161. The van der Waals surface area contributed by atoms with E-state index >= 15 is 0 Å². The van der Waals surface area contributed by atoms with Gasteiger partial charge in [-0.15, -0.1) is 0 Å². The Morgan fingerprint density at radius 1 is 1.28 bits per heavy atom. The van der Waals surface area contributed by atoms with Gasteiger partial charge in [0.25, 0.3) is 11.6 Å². The number of rotatable bonds is 3. The van der Waals surface area contributed by atoms with Crippen LogP contribution >= 0.6 is 0 Å². The Morgan fingerprint density at radius 2 is 2.12 bits per heavy atom. The summed E-state index contributed by atoms with van der Waals surface area (Å²) in [5.74, 6) is -0.164. The van der Waals surface area contributed by atoms with E-state index in [0.717, 1.165) is 19.3 Å². The number of nitrogens with zero attached hydrogens (tertiary/aromatic N) is 5. The molecule has 4 rings (SSSR count). The Bertz CT molecular complexity index is 806. The predicted molar refractivity (Wildman–Crippen MR) is 88.5 cm³/mol. The molecule has 1 amide bonds. The summed E-state index contributed by atoms with van der Waals surface area (Å²) >= 11 is 0. The van der Waals surface area contributed by atoms with Crippen LogP contribution in [0.3, 0.4) is 0 Å². The molecule has 0 aliphatic carbocycles. The van der Waals surface area contributed by atoms with E-state index in [9.17, 15) is 14.9 Å². The lowest BCUT2D eigenvalue weighted by molar-refractivity contribution is -0.384. The van der Waals surface area contributed by atoms with Crippen molar-refractivity contribution in [2.75, 3.05) is 13.1 Å². The summed E-state index contributed by atoms with van der Waals surface area (Å²) in [4.78, 5) is 29.4. The standard InChI is InChI=1S/C16H18N6O3/c23-16(20-6-5-12-2-3-13(8-20)19-12)11-1-4-14(15(7-11)22(24)25)21-10-17-9-18-21/h1,4,7,9-10,12-13,19H,2-3,5-6,8H2. The summed E-state index contributed by atoms with van der Waals surface area (Å²) in [7, 11) is 0. The van der Waals surface area contributed by atoms with Crippen molar-refractivity contribution in [1.29, 1.82) is 0 Å². The third kappa shape index (κ3) is 2.98. The number of nitro groups is 1. The molecule has 2 aromatic rings. The summed E-state index contributed by atoms with van der Waals surface area (Å²) in [6.07, 6.45) is 5.84. The van der Waals surface area contributed by atoms with E-state index in [2.05, 4.69) is 15.4 Å².